The smallest absolute Gasteiger partial charge is 0.256 e. The molecule has 1 amide bonds. The van der Waals surface area contributed by atoms with E-state index in [1.165, 1.54) is 0 Å². The van der Waals surface area contributed by atoms with E-state index in [4.69, 9.17) is 4.74 Å². The molecule has 1 fully saturated rings. The zero-order chi connectivity index (χ0) is 18.9. The highest BCUT2D eigenvalue weighted by atomic mass is 16.5. The van der Waals surface area contributed by atoms with Crippen LogP contribution >= 0.6 is 0 Å². The van der Waals surface area contributed by atoms with E-state index in [0.29, 0.717) is 18.7 Å². The van der Waals surface area contributed by atoms with E-state index in [-0.39, 0.29) is 12.0 Å². The molecule has 2 aromatic carbocycles. The van der Waals surface area contributed by atoms with Gasteiger partial charge in [0.15, 0.2) is 0 Å². The van der Waals surface area contributed by atoms with Gasteiger partial charge in [-0.15, -0.1) is 0 Å². The van der Waals surface area contributed by atoms with Crippen molar-refractivity contribution >= 4 is 27.6 Å². The normalized spacial score (nSPS) is 16.6. The van der Waals surface area contributed by atoms with Crippen molar-refractivity contribution < 1.29 is 9.53 Å². The molecule has 0 spiro atoms. The third kappa shape index (κ3) is 2.95. The summed E-state index contributed by atoms with van der Waals surface area (Å²) in [5.41, 5.74) is 1.40. The second kappa shape index (κ2) is 6.93. The quantitative estimate of drug-likeness (QED) is 0.511. The van der Waals surface area contributed by atoms with E-state index in [1.54, 1.807) is 18.6 Å². The van der Waals surface area contributed by atoms with Crippen molar-refractivity contribution in [2.45, 2.75) is 12.5 Å². The molecule has 138 valence electrons. The van der Waals surface area contributed by atoms with E-state index in [2.05, 4.69) is 16.0 Å². The maximum absolute atomic E-state index is 13.3. The highest BCUT2D eigenvalue weighted by Crippen LogP contribution is 2.29. The third-order valence-corrected chi connectivity index (χ3v) is 5.21. The van der Waals surface area contributed by atoms with E-state index in [0.717, 1.165) is 33.8 Å². The number of hydrogen-bond donors (Lipinski definition) is 0. The predicted octanol–water partition coefficient (Wildman–Crippen LogP) is 4.08. The molecule has 1 saturated heterocycles. The Morgan fingerprint density at radius 2 is 1.89 bits per heavy atom. The number of amides is 1. The van der Waals surface area contributed by atoms with Crippen molar-refractivity contribution in [2.75, 3.05) is 13.1 Å². The van der Waals surface area contributed by atoms with E-state index in [9.17, 15) is 4.79 Å². The summed E-state index contributed by atoms with van der Waals surface area (Å²) in [7, 11) is 0. The molecule has 2 aromatic heterocycles. The Hall–Kier alpha value is -3.47. The molecule has 0 saturated carbocycles. The number of hydrogen-bond acceptors (Lipinski definition) is 4. The van der Waals surface area contributed by atoms with E-state index >= 15 is 0 Å². The molecule has 0 unspecified atom stereocenters. The van der Waals surface area contributed by atoms with Crippen LogP contribution in [0.1, 0.15) is 16.8 Å². The second-order valence-corrected chi connectivity index (χ2v) is 7.01. The fourth-order valence-corrected chi connectivity index (χ4v) is 3.88. The van der Waals surface area contributed by atoms with Gasteiger partial charge in [0, 0.05) is 30.7 Å². The van der Waals surface area contributed by atoms with Crippen LogP contribution in [0, 0.1) is 0 Å². The highest BCUT2D eigenvalue weighted by Gasteiger charge is 2.29. The van der Waals surface area contributed by atoms with E-state index in [1.807, 2.05) is 53.4 Å². The summed E-state index contributed by atoms with van der Waals surface area (Å²) >= 11 is 0. The van der Waals surface area contributed by atoms with Crippen molar-refractivity contribution in [1.82, 2.24) is 14.9 Å². The van der Waals surface area contributed by atoms with Crippen LogP contribution < -0.4 is 4.74 Å². The number of rotatable bonds is 3. The molecule has 0 aliphatic carbocycles. The lowest BCUT2D eigenvalue weighted by Crippen LogP contribution is -2.31. The number of carbonyl (C=O) groups excluding carboxylic acids is 1. The van der Waals surface area contributed by atoms with Gasteiger partial charge < -0.3 is 9.64 Å². The molecule has 1 aliphatic rings. The number of benzene rings is 2. The van der Waals surface area contributed by atoms with Crippen molar-refractivity contribution in [3.8, 4) is 5.75 Å². The molecule has 5 rings (SSSR count). The number of likely N-dealkylation sites (tertiary alicyclic amines) is 1. The number of nitrogens with zero attached hydrogens (tertiary/aromatic N) is 3. The minimum Gasteiger partial charge on any atom is -0.487 e. The molecular formula is C23H19N3O2. The first-order valence-corrected chi connectivity index (χ1v) is 9.42. The van der Waals surface area contributed by atoms with Crippen LogP contribution in [0.4, 0.5) is 0 Å². The molecule has 4 aromatic rings. The average molecular weight is 369 g/mol. The van der Waals surface area contributed by atoms with Crippen LogP contribution in [-0.4, -0.2) is 40.0 Å². The molecular weight excluding hydrogens is 350 g/mol. The lowest BCUT2D eigenvalue weighted by atomic mass is 10.00. The molecule has 28 heavy (non-hydrogen) atoms. The molecule has 1 atom stereocenters. The molecule has 5 nitrogen and oxygen atoms in total. The van der Waals surface area contributed by atoms with Crippen LogP contribution in [0.15, 0.2) is 73.2 Å². The Balaban J connectivity index is 1.46. The predicted molar refractivity (Wildman–Crippen MR) is 108 cm³/mol. The first kappa shape index (κ1) is 16.7. The van der Waals surface area contributed by atoms with Gasteiger partial charge in [0.25, 0.3) is 5.91 Å². The van der Waals surface area contributed by atoms with Gasteiger partial charge in [-0.3, -0.25) is 14.8 Å². The average Bonchev–Trinajstić information content (AvgIpc) is 3.22. The Morgan fingerprint density at radius 1 is 1.04 bits per heavy atom. The summed E-state index contributed by atoms with van der Waals surface area (Å²) in [5.74, 6) is 0.742. The van der Waals surface area contributed by atoms with Crippen LogP contribution in [0.3, 0.4) is 0 Å². The first-order valence-electron chi connectivity index (χ1n) is 9.42. The van der Waals surface area contributed by atoms with Gasteiger partial charge in [0.05, 0.1) is 23.8 Å². The fourth-order valence-electron chi connectivity index (χ4n) is 3.88. The van der Waals surface area contributed by atoms with Gasteiger partial charge >= 0.3 is 0 Å². The van der Waals surface area contributed by atoms with Gasteiger partial charge in [0.1, 0.15) is 11.9 Å². The fraction of sp³-hybridized carbons (Fsp3) is 0.174. The Bertz CT molecular complexity index is 1160. The van der Waals surface area contributed by atoms with Crippen LogP contribution in [0.5, 0.6) is 5.75 Å². The summed E-state index contributed by atoms with van der Waals surface area (Å²) in [6.45, 7) is 1.24. The number of carbonyl (C=O) groups is 1. The summed E-state index contributed by atoms with van der Waals surface area (Å²) in [6, 6.07) is 17.7. The van der Waals surface area contributed by atoms with Crippen LogP contribution in [0.2, 0.25) is 0 Å². The molecule has 0 bridgehead atoms. The monoisotopic (exact) mass is 369 g/mol. The van der Waals surface area contributed by atoms with Crippen molar-refractivity contribution in [3.63, 3.8) is 0 Å². The minimum absolute atomic E-state index is 0.00624. The van der Waals surface area contributed by atoms with Crippen molar-refractivity contribution in [1.29, 1.82) is 0 Å². The van der Waals surface area contributed by atoms with Crippen LogP contribution in [0.25, 0.3) is 21.7 Å². The topological polar surface area (TPSA) is 55.3 Å². The van der Waals surface area contributed by atoms with Gasteiger partial charge in [-0.1, -0.05) is 30.3 Å². The second-order valence-electron chi connectivity index (χ2n) is 7.01. The standard InChI is InChI=1S/C23H19N3O2/c27-23(26-12-9-18(15-26)28-17-6-3-10-24-14-17)21-13-16-5-1-2-7-19(16)20-8-4-11-25-22(20)21/h1-8,10-11,13-14,18H,9,12,15H2/t18-/m1/s1. The zero-order valence-electron chi connectivity index (χ0n) is 15.3. The lowest BCUT2D eigenvalue weighted by molar-refractivity contribution is 0.0774. The SMILES string of the molecule is O=C(c1cc2ccccc2c2cccnc12)N1CC[C@@H](Oc2cccnc2)C1. The Labute approximate surface area is 162 Å². The van der Waals surface area contributed by atoms with Crippen LogP contribution in [-0.2, 0) is 0 Å². The largest absolute Gasteiger partial charge is 0.487 e. The number of pyridine rings is 2. The van der Waals surface area contributed by atoms with Gasteiger partial charge in [-0.2, -0.15) is 0 Å². The first-order chi connectivity index (χ1) is 13.8. The molecule has 0 radical (unpaired) electrons. The van der Waals surface area contributed by atoms with Crippen molar-refractivity contribution in [3.05, 3.63) is 78.8 Å². The third-order valence-electron chi connectivity index (χ3n) is 5.21. The molecule has 1 aliphatic heterocycles. The summed E-state index contributed by atoms with van der Waals surface area (Å²) in [6.07, 6.45) is 5.94. The zero-order valence-corrected chi connectivity index (χ0v) is 15.3. The van der Waals surface area contributed by atoms with Crippen molar-refractivity contribution in [2.24, 2.45) is 0 Å². The summed E-state index contributed by atoms with van der Waals surface area (Å²) in [4.78, 5) is 23.8. The summed E-state index contributed by atoms with van der Waals surface area (Å²) in [5, 5.41) is 3.17. The van der Waals surface area contributed by atoms with Gasteiger partial charge in [0.2, 0.25) is 0 Å². The Morgan fingerprint density at radius 3 is 2.79 bits per heavy atom. The maximum atomic E-state index is 13.3. The number of aromatic nitrogens is 2. The number of fused-ring (bicyclic) bond motifs is 3. The summed E-state index contributed by atoms with van der Waals surface area (Å²) < 4.78 is 5.98. The van der Waals surface area contributed by atoms with Gasteiger partial charge in [-0.05, 0) is 35.0 Å². The lowest BCUT2D eigenvalue weighted by Gasteiger charge is -2.18. The molecule has 0 N–H and O–H groups in total. The molecule has 5 heteroatoms. The Kier molecular flexibility index (Phi) is 4.13. The highest BCUT2D eigenvalue weighted by molar-refractivity contribution is 6.15. The maximum Gasteiger partial charge on any atom is 0.256 e. The van der Waals surface area contributed by atoms with Gasteiger partial charge in [-0.25, -0.2) is 0 Å². The molecule has 3 heterocycles. The number of ether oxygens (including phenoxy) is 1. The minimum atomic E-state index is -0.0205. The van der Waals surface area contributed by atoms with E-state index < -0.39 is 0 Å².